The molecular formula is C18H27N5O. The predicted octanol–water partition coefficient (Wildman–Crippen LogP) is 1.24. The molecule has 0 aliphatic carbocycles. The fraction of sp³-hybridized carbons (Fsp3) is 0.556. The van der Waals surface area contributed by atoms with Crippen molar-refractivity contribution >= 4 is 6.03 Å². The average Bonchev–Trinajstić information content (AvgIpc) is 2.60. The van der Waals surface area contributed by atoms with Crippen LogP contribution in [-0.2, 0) is 6.54 Å². The molecule has 0 radical (unpaired) electrons. The second kappa shape index (κ2) is 8.67. The Balaban J connectivity index is 1.93. The first-order chi connectivity index (χ1) is 11.5. The first-order valence-corrected chi connectivity index (χ1v) is 8.37. The quantitative estimate of drug-likeness (QED) is 0.853. The van der Waals surface area contributed by atoms with Gasteiger partial charge in [0.15, 0.2) is 0 Å². The summed E-state index contributed by atoms with van der Waals surface area (Å²) in [5, 5.41) is 14.4. The molecular weight excluding hydrogens is 302 g/mol. The molecule has 0 spiro atoms. The van der Waals surface area contributed by atoms with Crippen molar-refractivity contribution in [3.63, 3.8) is 0 Å². The molecule has 1 heterocycles. The van der Waals surface area contributed by atoms with Crippen molar-refractivity contribution in [3.05, 3.63) is 35.4 Å². The van der Waals surface area contributed by atoms with E-state index in [4.69, 9.17) is 5.26 Å². The number of carbonyl (C=O) groups excluding carboxylic acids is 1. The summed E-state index contributed by atoms with van der Waals surface area (Å²) in [7, 11) is 5.84. The van der Waals surface area contributed by atoms with E-state index in [1.807, 2.05) is 24.3 Å². The first kappa shape index (κ1) is 18.2. The van der Waals surface area contributed by atoms with E-state index in [9.17, 15) is 4.79 Å². The SMILES string of the molecule is CNC(=O)NC[C@H]1CCN(Cc2ccc(C#N)cc2)C[C@H]1N(C)C. The minimum Gasteiger partial charge on any atom is -0.341 e. The zero-order valence-corrected chi connectivity index (χ0v) is 14.7. The number of hydrogen-bond donors (Lipinski definition) is 2. The van der Waals surface area contributed by atoms with E-state index in [1.54, 1.807) is 7.05 Å². The fourth-order valence-electron chi connectivity index (χ4n) is 3.27. The Morgan fingerprint density at radius 3 is 2.67 bits per heavy atom. The molecule has 2 atom stereocenters. The maximum atomic E-state index is 11.4. The van der Waals surface area contributed by atoms with E-state index >= 15 is 0 Å². The van der Waals surface area contributed by atoms with Crippen LogP contribution in [0.15, 0.2) is 24.3 Å². The van der Waals surface area contributed by atoms with Crippen LogP contribution in [0, 0.1) is 17.2 Å². The Bertz CT molecular complexity index is 578. The molecule has 2 N–H and O–H groups in total. The van der Waals surface area contributed by atoms with Crippen molar-refractivity contribution < 1.29 is 4.79 Å². The van der Waals surface area contributed by atoms with Crippen LogP contribution in [0.25, 0.3) is 0 Å². The molecule has 0 bridgehead atoms. The van der Waals surface area contributed by atoms with Gasteiger partial charge in [0.1, 0.15) is 0 Å². The van der Waals surface area contributed by atoms with Crippen molar-refractivity contribution in [1.82, 2.24) is 20.4 Å². The highest BCUT2D eigenvalue weighted by Gasteiger charge is 2.30. The lowest BCUT2D eigenvalue weighted by molar-refractivity contribution is 0.0782. The summed E-state index contributed by atoms with van der Waals surface area (Å²) in [5.74, 6) is 0.453. The molecule has 6 heteroatoms. The van der Waals surface area contributed by atoms with E-state index in [0.29, 0.717) is 24.1 Å². The summed E-state index contributed by atoms with van der Waals surface area (Å²) in [5.41, 5.74) is 1.93. The van der Waals surface area contributed by atoms with Gasteiger partial charge in [0.25, 0.3) is 0 Å². The molecule has 0 saturated carbocycles. The number of rotatable bonds is 5. The molecule has 0 aromatic heterocycles. The molecule has 0 unspecified atom stereocenters. The van der Waals surface area contributed by atoms with Gasteiger partial charge in [-0.2, -0.15) is 5.26 Å². The lowest BCUT2D eigenvalue weighted by Gasteiger charge is -2.42. The summed E-state index contributed by atoms with van der Waals surface area (Å²) in [6.45, 7) is 3.59. The molecule has 1 aromatic rings. The summed E-state index contributed by atoms with van der Waals surface area (Å²) < 4.78 is 0. The Morgan fingerprint density at radius 2 is 2.08 bits per heavy atom. The summed E-state index contributed by atoms with van der Waals surface area (Å²) in [6, 6.07) is 10.3. The second-order valence-electron chi connectivity index (χ2n) is 6.58. The van der Waals surface area contributed by atoms with Crippen LogP contribution in [0.2, 0.25) is 0 Å². The number of piperidine rings is 1. The van der Waals surface area contributed by atoms with Gasteiger partial charge in [-0.25, -0.2) is 4.79 Å². The lowest BCUT2D eigenvalue weighted by atomic mass is 9.90. The molecule has 6 nitrogen and oxygen atoms in total. The number of hydrogen-bond acceptors (Lipinski definition) is 4. The Morgan fingerprint density at radius 1 is 1.38 bits per heavy atom. The summed E-state index contributed by atoms with van der Waals surface area (Å²) in [4.78, 5) is 16.1. The molecule has 2 rings (SSSR count). The molecule has 1 saturated heterocycles. The fourth-order valence-corrected chi connectivity index (χ4v) is 3.27. The van der Waals surface area contributed by atoms with Crippen LogP contribution in [-0.4, -0.2) is 62.7 Å². The largest absolute Gasteiger partial charge is 0.341 e. The number of carbonyl (C=O) groups is 1. The third-order valence-corrected chi connectivity index (χ3v) is 4.71. The van der Waals surface area contributed by atoms with Crippen molar-refractivity contribution in [1.29, 1.82) is 5.26 Å². The predicted molar refractivity (Wildman–Crippen MR) is 94.5 cm³/mol. The minimum absolute atomic E-state index is 0.118. The Labute approximate surface area is 144 Å². The Hall–Kier alpha value is -2.10. The zero-order chi connectivity index (χ0) is 17.5. The van der Waals surface area contributed by atoms with Crippen LogP contribution in [0.4, 0.5) is 4.79 Å². The summed E-state index contributed by atoms with van der Waals surface area (Å²) in [6.07, 6.45) is 1.06. The van der Waals surface area contributed by atoms with Crippen molar-refractivity contribution in [2.45, 2.75) is 19.0 Å². The standard InChI is InChI=1S/C18H27N5O/c1-20-18(24)21-11-16-8-9-23(13-17(16)22(2)3)12-15-6-4-14(10-19)5-7-15/h4-7,16-17H,8-9,11-13H2,1-3H3,(H2,20,21,24)/t16-,17-/m1/s1. The molecule has 24 heavy (non-hydrogen) atoms. The molecule has 130 valence electrons. The number of likely N-dealkylation sites (N-methyl/N-ethyl adjacent to an activating group) is 1. The smallest absolute Gasteiger partial charge is 0.314 e. The monoisotopic (exact) mass is 329 g/mol. The lowest BCUT2D eigenvalue weighted by Crippen LogP contribution is -2.53. The van der Waals surface area contributed by atoms with E-state index in [0.717, 1.165) is 26.1 Å². The number of nitrogens with zero attached hydrogens (tertiary/aromatic N) is 3. The van der Waals surface area contributed by atoms with Gasteiger partial charge in [-0.3, -0.25) is 4.90 Å². The van der Waals surface area contributed by atoms with E-state index in [2.05, 4.69) is 40.6 Å². The highest BCUT2D eigenvalue weighted by Crippen LogP contribution is 2.22. The highest BCUT2D eigenvalue weighted by atomic mass is 16.2. The van der Waals surface area contributed by atoms with Crippen LogP contribution in [0.1, 0.15) is 17.5 Å². The third-order valence-electron chi connectivity index (χ3n) is 4.71. The molecule has 1 aliphatic rings. The highest BCUT2D eigenvalue weighted by molar-refractivity contribution is 5.73. The normalized spacial score (nSPS) is 21.3. The van der Waals surface area contributed by atoms with Crippen LogP contribution in [0.5, 0.6) is 0 Å². The molecule has 1 aliphatic heterocycles. The molecule has 1 fully saturated rings. The number of benzene rings is 1. The van der Waals surface area contributed by atoms with E-state index in [1.165, 1.54) is 5.56 Å². The second-order valence-corrected chi connectivity index (χ2v) is 6.58. The van der Waals surface area contributed by atoms with Gasteiger partial charge in [-0.05, 0) is 50.7 Å². The van der Waals surface area contributed by atoms with Crippen LogP contribution >= 0.6 is 0 Å². The van der Waals surface area contributed by atoms with Gasteiger partial charge in [-0.15, -0.1) is 0 Å². The van der Waals surface area contributed by atoms with E-state index in [-0.39, 0.29) is 6.03 Å². The van der Waals surface area contributed by atoms with Crippen molar-refractivity contribution in [2.75, 3.05) is 40.8 Å². The van der Waals surface area contributed by atoms with Crippen LogP contribution < -0.4 is 10.6 Å². The third kappa shape index (κ3) is 4.95. The first-order valence-electron chi connectivity index (χ1n) is 8.37. The van der Waals surface area contributed by atoms with Gasteiger partial charge in [0.2, 0.25) is 0 Å². The number of nitriles is 1. The maximum Gasteiger partial charge on any atom is 0.314 e. The molecule has 2 amide bonds. The van der Waals surface area contributed by atoms with Gasteiger partial charge < -0.3 is 15.5 Å². The minimum atomic E-state index is -0.118. The van der Waals surface area contributed by atoms with Gasteiger partial charge in [0, 0.05) is 32.7 Å². The number of urea groups is 1. The number of nitrogens with one attached hydrogen (secondary N) is 2. The average molecular weight is 329 g/mol. The van der Waals surface area contributed by atoms with Crippen molar-refractivity contribution in [3.8, 4) is 6.07 Å². The summed E-state index contributed by atoms with van der Waals surface area (Å²) >= 11 is 0. The van der Waals surface area contributed by atoms with Crippen molar-refractivity contribution in [2.24, 2.45) is 5.92 Å². The topological polar surface area (TPSA) is 71.4 Å². The molecule has 1 aromatic carbocycles. The van der Waals surface area contributed by atoms with Gasteiger partial charge in [0.05, 0.1) is 11.6 Å². The van der Waals surface area contributed by atoms with Crippen LogP contribution in [0.3, 0.4) is 0 Å². The Kier molecular flexibility index (Phi) is 6.59. The number of likely N-dealkylation sites (tertiary alicyclic amines) is 1. The maximum absolute atomic E-state index is 11.4. The zero-order valence-electron chi connectivity index (χ0n) is 14.7. The van der Waals surface area contributed by atoms with Gasteiger partial charge >= 0.3 is 6.03 Å². The van der Waals surface area contributed by atoms with Gasteiger partial charge in [-0.1, -0.05) is 12.1 Å². The van der Waals surface area contributed by atoms with E-state index < -0.39 is 0 Å². The number of amides is 2.